The van der Waals surface area contributed by atoms with Crippen molar-refractivity contribution >= 4 is 0 Å². The van der Waals surface area contributed by atoms with E-state index in [-0.39, 0.29) is 17.6 Å². The van der Waals surface area contributed by atoms with Crippen LogP contribution in [0.25, 0.3) is 0 Å². The first-order valence-corrected chi connectivity index (χ1v) is 5.21. The van der Waals surface area contributed by atoms with Crippen LogP contribution in [0.5, 0.6) is 0 Å². The lowest BCUT2D eigenvalue weighted by Crippen LogP contribution is -2.35. The summed E-state index contributed by atoms with van der Waals surface area (Å²) in [5.74, 6) is -1.20. The molecule has 0 fully saturated rings. The average molecular weight is 249 g/mol. The maximum Gasteiger partial charge on any atom is 0.419 e. The Kier molecular flexibility index (Phi) is 3.81. The van der Waals surface area contributed by atoms with E-state index >= 15 is 0 Å². The van der Waals surface area contributed by atoms with Gasteiger partial charge in [-0.05, 0) is 26.8 Å². The number of benzene rings is 1. The standard InChI is InChI=1S/C12H15F4N/c1-11(2,3)17-7-8-5-4-6-9(10(8)13)12(14,15)16/h4-6,17H,7H2,1-3H3. The van der Waals surface area contributed by atoms with Crippen LogP contribution in [0.3, 0.4) is 0 Å². The topological polar surface area (TPSA) is 12.0 Å². The van der Waals surface area contributed by atoms with Gasteiger partial charge >= 0.3 is 6.18 Å². The van der Waals surface area contributed by atoms with Crippen molar-refractivity contribution in [2.75, 3.05) is 0 Å². The Bertz CT molecular complexity index is 390. The van der Waals surface area contributed by atoms with Crippen molar-refractivity contribution < 1.29 is 17.6 Å². The highest BCUT2D eigenvalue weighted by Crippen LogP contribution is 2.32. The molecule has 0 saturated heterocycles. The summed E-state index contributed by atoms with van der Waals surface area (Å²) in [7, 11) is 0. The highest BCUT2D eigenvalue weighted by atomic mass is 19.4. The fourth-order valence-corrected chi connectivity index (χ4v) is 1.30. The zero-order valence-corrected chi connectivity index (χ0v) is 9.95. The molecule has 0 spiro atoms. The smallest absolute Gasteiger partial charge is 0.308 e. The summed E-state index contributed by atoms with van der Waals surface area (Å²) in [5.41, 5.74) is -1.47. The van der Waals surface area contributed by atoms with Gasteiger partial charge in [-0.2, -0.15) is 13.2 Å². The van der Waals surface area contributed by atoms with E-state index < -0.39 is 17.6 Å². The van der Waals surface area contributed by atoms with Gasteiger partial charge in [0.15, 0.2) is 0 Å². The molecule has 1 aromatic carbocycles. The van der Waals surface area contributed by atoms with E-state index in [9.17, 15) is 17.6 Å². The monoisotopic (exact) mass is 249 g/mol. The van der Waals surface area contributed by atoms with Crippen molar-refractivity contribution in [3.8, 4) is 0 Å². The van der Waals surface area contributed by atoms with Gasteiger partial charge in [0.2, 0.25) is 0 Å². The Morgan fingerprint density at radius 1 is 1.12 bits per heavy atom. The van der Waals surface area contributed by atoms with Crippen LogP contribution in [0.2, 0.25) is 0 Å². The maximum absolute atomic E-state index is 13.6. The van der Waals surface area contributed by atoms with Crippen LogP contribution >= 0.6 is 0 Å². The first-order chi connectivity index (χ1) is 7.61. The summed E-state index contributed by atoms with van der Waals surface area (Å²) in [6.07, 6.45) is -4.65. The number of hydrogen-bond donors (Lipinski definition) is 1. The first-order valence-electron chi connectivity index (χ1n) is 5.21. The average Bonchev–Trinajstić information content (AvgIpc) is 2.13. The molecule has 1 N–H and O–H groups in total. The Hall–Kier alpha value is -1.10. The van der Waals surface area contributed by atoms with Crippen LogP contribution < -0.4 is 5.32 Å². The lowest BCUT2D eigenvalue weighted by atomic mass is 10.1. The Balaban J connectivity index is 2.96. The molecule has 0 saturated carbocycles. The molecule has 0 amide bonds. The number of alkyl halides is 3. The minimum Gasteiger partial charge on any atom is -0.308 e. The third-order valence-corrected chi connectivity index (χ3v) is 2.19. The second-order valence-corrected chi connectivity index (χ2v) is 4.88. The predicted molar refractivity (Wildman–Crippen MR) is 58.0 cm³/mol. The first kappa shape index (κ1) is 14.0. The summed E-state index contributed by atoms with van der Waals surface area (Å²) in [4.78, 5) is 0. The van der Waals surface area contributed by atoms with Gasteiger partial charge in [0, 0.05) is 17.6 Å². The summed E-state index contributed by atoms with van der Waals surface area (Å²) < 4.78 is 50.9. The number of hydrogen-bond acceptors (Lipinski definition) is 1. The molecule has 17 heavy (non-hydrogen) atoms. The van der Waals surface area contributed by atoms with Crippen molar-refractivity contribution in [3.05, 3.63) is 35.1 Å². The fraction of sp³-hybridized carbons (Fsp3) is 0.500. The molecule has 1 aromatic rings. The second kappa shape index (κ2) is 4.64. The lowest BCUT2D eigenvalue weighted by molar-refractivity contribution is -0.140. The molecule has 1 rings (SSSR count). The molecule has 0 aromatic heterocycles. The SMILES string of the molecule is CC(C)(C)NCc1cccc(C(F)(F)F)c1F. The van der Waals surface area contributed by atoms with Gasteiger partial charge in [-0.15, -0.1) is 0 Å². The molecule has 0 heterocycles. The summed E-state index contributed by atoms with van der Waals surface area (Å²) >= 11 is 0. The van der Waals surface area contributed by atoms with Crippen molar-refractivity contribution in [2.24, 2.45) is 0 Å². The quantitative estimate of drug-likeness (QED) is 0.787. The van der Waals surface area contributed by atoms with E-state index in [0.717, 1.165) is 6.07 Å². The van der Waals surface area contributed by atoms with Crippen LogP contribution in [0, 0.1) is 5.82 Å². The summed E-state index contributed by atoms with van der Waals surface area (Å²) in [5, 5.41) is 2.95. The van der Waals surface area contributed by atoms with Crippen molar-refractivity contribution in [1.29, 1.82) is 0 Å². The highest BCUT2D eigenvalue weighted by Gasteiger charge is 2.34. The number of rotatable bonds is 2. The molecule has 5 heteroatoms. The highest BCUT2D eigenvalue weighted by molar-refractivity contribution is 5.28. The van der Waals surface area contributed by atoms with Crippen molar-refractivity contribution in [2.45, 2.75) is 39.0 Å². The van der Waals surface area contributed by atoms with Crippen molar-refractivity contribution in [1.82, 2.24) is 5.32 Å². The molecule has 0 bridgehead atoms. The third kappa shape index (κ3) is 4.00. The van der Waals surface area contributed by atoms with Crippen LogP contribution in [0.15, 0.2) is 18.2 Å². The van der Waals surface area contributed by atoms with E-state index in [4.69, 9.17) is 0 Å². The summed E-state index contributed by atoms with van der Waals surface area (Å²) in [6, 6.07) is 3.31. The molecule has 1 nitrogen and oxygen atoms in total. The van der Waals surface area contributed by atoms with Gasteiger partial charge in [-0.25, -0.2) is 4.39 Å². The molecule has 96 valence electrons. The molecule has 0 unspecified atom stereocenters. The van der Waals surface area contributed by atoms with Crippen LogP contribution in [0.1, 0.15) is 31.9 Å². The number of nitrogens with one attached hydrogen (secondary N) is 1. The van der Waals surface area contributed by atoms with E-state index in [1.165, 1.54) is 12.1 Å². The van der Waals surface area contributed by atoms with Gasteiger partial charge in [-0.1, -0.05) is 12.1 Å². The minimum absolute atomic E-state index is 0.0229. The fourth-order valence-electron chi connectivity index (χ4n) is 1.30. The molecule has 0 atom stereocenters. The minimum atomic E-state index is -4.65. The predicted octanol–water partition coefficient (Wildman–Crippen LogP) is 3.73. The van der Waals surface area contributed by atoms with E-state index in [0.29, 0.717) is 0 Å². The van der Waals surface area contributed by atoms with E-state index in [1.54, 1.807) is 0 Å². The molecule has 0 aliphatic carbocycles. The van der Waals surface area contributed by atoms with Gasteiger partial charge in [0.1, 0.15) is 5.82 Å². The third-order valence-electron chi connectivity index (χ3n) is 2.19. The second-order valence-electron chi connectivity index (χ2n) is 4.88. The van der Waals surface area contributed by atoms with Gasteiger partial charge < -0.3 is 5.32 Å². The normalized spacial score (nSPS) is 12.9. The van der Waals surface area contributed by atoms with Gasteiger partial charge in [0.05, 0.1) is 5.56 Å². The largest absolute Gasteiger partial charge is 0.419 e. The summed E-state index contributed by atoms with van der Waals surface area (Å²) in [6.45, 7) is 5.65. The molecular formula is C12H15F4N. The molecular weight excluding hydrogens is 234 g/mol. The Morgan fingerprint density at radius 3 is 2.18 bits per heavy atom. The Morgan fingerprint density at radius 2 is 1.71 bits per heavy atom. The van der Waals surface area contributed by atoms with Crippen molar-refractivity contribution in [3.63, 3.8) is 0 Å². The molecule has 0 aliphatic heterocycles. The van der Waals surface area contributed by atoms with Crippen LogP contribution in [-0.4, -0.2) is 5.54 Å². The van der Waals surface area contributed by atoms with Gasteiger partial charge in [0.25, 0.3) is 0 Å². The van der Waals surface area contributed by atoms with E-state index in [2.05, 4.69) is 5.32 Å². The van der Waals surface area contributed by atoms with Gasteiger partial charge in [-0.3, -0.25) is 0 Å². The van der Waals surface area contributed by atoms with Crippen LogP contribution in [-0.2, 0) is 12.7 Å². The number of halogens is 4. The Labute approximate surface area is 97.8 Å². The van der Waals surface area contributed by atoms with E-state index in [1.807, 2.05) is 20.8 Å². The zero-order valence-electron chi connectivity index (χ0n) is 9.95. The zero-order chi connectivity index (χ0) is 13.3. The van der Waals surface area contributed by atoms with Crippen LogP contribution in [0.4, 0.5) is 17.6 Å². The maximum atomic E-state index is 13.6. The molecule has 0 aliphatic rings. The molecule has 0 radical (unpaired) electrons. The lowest BCUT2D eigenvalue weighted by Gasteiger charge is -2.21.